The number of aliphatic imine (C=N–C) groups is 1. The van der Waals surface area contributed by atoms with Gasteiger partial charge in [-0.05, 0) is 44.4 Å². The molecule has 1 unspecified atom stereocenters. The SMILES string of the molecule is CCC1(C)NC(=O)N(CCCNC(=NC)N2CCC3(CCC3)C2)C1=O. The Bertz CT molecular complexity index is 572. The Labute approximate surface area is 150 Å². The zero-order valence-electron chi connectivity index (χ0n) is 15.7. The summed E-state index contributed by atoms with van der Waals surface area (Å²) in [7, 11) is 1.82. The highest BCUT2D eigenvalue weighted by molar-refractivity contribution is 6.06. The summed E-state index contributed by atoms with van der Waals surface area (Å²) in [5.74, 6) is 0.829. The topological polar surface area (TPSA) is 77.0 Å². The van der Waals surface area contributed by atoms with Crippen molar-refractivity contribution in [3.8, 4) is 0 Å². The summed E-state index contributed by atoms with van der Waals surface area (Å²) in [5, 5.41) is 6.18. The van der Waals surface area contributed by atoms with E-state index >= 15 is 0 Å². The van der Waals surface area contributed by atoms with E-state index in [2.05, 4.69) is 20.5 Å². The fourth-order valence-electron chi connectivity index (χ4n) is 4.16. The zero-order chi connectivity index (χ0) is 18.1. The number of hydrogen-bond donors (Lipinski definition) is 2. The van der Waals surface area contributed by atoms with E-state index in [1.807, 2.05) is 14.0 Å². The van der Waals surface area contributed by atoms with Gasteiger partial charge in [-0.2, -0.15) is 0 Å². The van der Waals surface area contributed by atoms with Crippen LogP contribution >= 0.6 is 0 Å². The highest BCUT2D eigenvalue weighted by Crippen LogP contribution is 2.47. The highest BCUT2D eigenvalue weighted by Gasteiger charge is 2.46. The van der Waals surface area contributed by atoms with Gasteiger partial charge in [0.15, 0.2) is 5.96 Å². The van der Waals surface area contributed by atoms with Gasteiger partial charge in [-0.3, -0.25) is 14.7 Å². The third kappa shape index (κ3) is 3.33. The van der Waals surface area contributed by atoms with Crippen LogP contribution in [0, 0.1) is 5.41 Å². The van der Waals surface area contributed by atoms with Gasteiger partial charge in [0.2, 0.25) is 0 Å². The minimum Gasteiger partial charge on any atom is -0.356 e. The Morgan fingerprint density at radius 2 is 2.08 bits per heavy atom. The number of carbonyl (C=O) groups excluding carboxylic acids is 2. The van der Waals surface area contributed by atoms with E-state index in [0.717, 1.165) is 25.5 Å². The van der Waals surface area contributed by atoms with Crippen LogP contribution in [-0.2, 0) is 4.79 Å². The fourth-order valence-corrected chi connectivity index (χ4v) is 4.16. The van der Waals surface area contributed by atoms with Crippen LogP contribution in [0.3, 0.4) is 0 Å². The molecule has 140 valence electrons. The molecule has 1 aliphatic carbocycles. The van der Waals surface area contributed by atoms with Crippen molar-refractivity contribution < 1.29 is 9.59 Å². The van der Waals surface area contributed by atoms with Crippen molar-refractivity contribution in [3.63, 3.8) is 0 Å². The van der Waals surface area contributed by atoms with Gasteiger partial charge < -0.3 is 15.5 Å². The first-order valence-electron chi connectivity index (χ1n) is 9.53. The average molecular weight is 349 g/mol. The molecule has 0 aromatic rings. The summed E-state index contributed by atoms with van der Waals surface area (Å²) in [6.07, 6.45) is 6.66. The number of imide groups is 1. The number of rotatable bonds is 5. The number of hydrogen-bond acceptors (Lipinski definition) is 3. The lowest BCUT2D eigenvalue weighted by Crippen LogP contribution is -2.44. The van der Waals surface area contributed by atoms with E-state index in [0.29, 0.717) is 24.9 Å². The lowest BCUT2D eigenvalue weighted by molar-refractivity contribution is -0.130. The molecule has 25 heavy (non-hydrogen) atoms. The molecular formula is C18H31N5O2. The average Bonchev–Trinajstić information content (AvgIpc) is 3.10. The molecule has 3 fully saturated rings. The van der Waals surface area contributed by atoms with Crippen LogP contribution < -0.4 is 10.6 Å². The molecule has 3 rings (SSSR count). The van der Waals surface area contributed by atoms with Crippen molar-refractivity contribution in [3.05, 3.63) is 0 Å². The zero-order valence-corrected chi connectivity index (χ0v) is 15.7. The summed E-state index contributed by atoms with van der Waals surface area (Å²) in [6, 6.07) is -0.273. The molecule has 2 heterocycles. The van der Waals surface area contributed by atoms with E-state index in [1.54, 1.807) is 6.92 Å². The number of guanidine groups is 1. The monoisotopic (exact) mass is 349 g/mol. The number of nitrogens with one attached hydrogen (secondary N) is 2. The predicted molar refractivity (Wildman–Crippen MR) is 97.4 cm³/mol. The number of amides is 3. The molecule has 2 aliphatic heterocycles. The third-order valence-electron chi connectivity index (χ3n) is 6.26. The molecule has 3 aliphatic rings. The summed E-state index contributed by atoms with van der Waals surface area (Å²) < 4.78 is 0. The molecule has 2 saturated heterocycles. The van der Waals surface area contributed by atoms with Crippen molar-refractivity contribution in [1.29, 1.82) is 0 Å². The molecule has 0 bridgehead atoms. The molecule has 0 radical (unpaired) electrons. The van der Waals surface area contributed by atoms with Gasteiger partial charge in [0, 0.05) is 33.2 Å². The molecule has 1 saturated carbocycles. The Morgan fingerprint density at radius 3 is 2.60 bits per heavy atom. The Morgan fingerprint density at radius 1 is 1.32 bits per heavy atom. The van der Waals surface area contributed by atoms with Crippen LogP contribution in [0.15, 0.2) is 4.99 Å². The highest BCUT2D eigenvalue weighted by atomic mass is 16.2. The Hall–Kier alpha value is -1.79. The number of nitrogens with zero attached hydrogens (tertiary/aromatic N) is 3. The quantitative estimate of drug-likeness (QED) is 0.342. The second-order valence-corrected chi connectivity index (χ2v) is 7.93. The Balaban J connectivity index is 1.43. The van der Waals surface area contributed by atoms with Gasteiger partial charge >= 0.3 is 6.03 Å². The van der Waals surface area contributed by atoms with Crippen LogP contribution in [0.1, 0.15) is 52.4 Å². The minimum absolute atomic E-state index is 0.115. The maximum Gasteiger partial charge on any atom is 0.325 e. The first kappa shape index (κ1) is 18.0. The van der Waals surface area contributed by atoms with E-state index in [-0.39, 0.29) is 11.9 Å². The minimum atomic E-state index is -0.743. The molecule has 0 aromatic heterocycles. The van der Waals surface area contributed by atoms with Gasteiger partial charge in [0.25, 0.3) is 5.91 Å². The van der Waals surface area contributed by atoms with Crippen LogP contribution in [0.5, 0.6) is 0 Å². The van der Waals surface area contributed by atoms with Gasteiger partial charge in [0.1, 0.15) is 5.54 Å². The maximum absolute atomic E-state index is 12.4. The molecule has 3 amide bonds. The van der Waals surface area contributed by atoms with Crippen LogP contribution in [0.25, 0.3) is 0 Å². The summed E-state index contributed by atoms with van der Waals surface area (Å²) in [5.41, 5.74) is -0.199. The summed E-state index contributed by atoms with van der Waals surface area (Å²) in [4.78, 5) is 32.5. The van der Waals surface area contributed by atoms with Gasteiger partial charge in [-0.1, -0.05) is 13.3 Å². The summed E-state index contributed by atoms with van der Waals surface area (Å²) in [6.45, 7) is 7.02. The lowest BCUT2D eigenvalue weighted by atomic mass is 9.68. The lowest BCUT2D eigenvalue weighted by Gasteiger charge is -2.38. The number of likely N-dealkylation sites (tertiary alicyclic amines) is 1. The molecule has 1 atom stereocenters. The van der Waals surface area contributed by atoms with Crippen molar-refractivity contribution in [2.45, 2.75) is 57.9 Å². The molecule has 7 heteroatoms. The van der Waals surface area contributed by atoms with Crippen molar-refractivity contribution in [2.24, 2.45) is 10.4 Å². The normalized spacial score (nSPS) is 28.5. The van der Waals surface area contributed by atoms with E-state index in [4.69, 9.17) is 0 Å². The second kappa shape index (κ2) is 6.84. The van der Waals surface area contributed by atoms with Gasteiger partial charge in [-0.15, -0.1) is 0 Å². The molecule has 0 aromatic carbocycles. The largest absolute Gasteiger partial charge is 0.356 e. The summed E-state index contributed by atoms with van der Waals surface area (Å²) >= 11 is 0. The Kier molecular flexibility index (Phi) is 4.93. The molecule has 1 spiro atoms. The van der Waals surface area contributed by atoms with Crippen LogP contribution in [-0.4, -0.2) is 66.5 Å². The van der Waals surface area contributed by atoms with Gasteiger partial charge in [-0.25, -0.2) is 4.79 Å². The first-order valence-corrected chi connectivity index (χ1v) is 9.53. The van der Waals surface area contributed by atoms with Crippen LogP contribution in [0.2, 0.25) is 0 Å². The first-order chi connectivity index (χ1) is 11.9. The van der Waals surface area contributed by atoms with E-state index in [1.165, 1.54) is 30.6 Å². The maximum atomic E-state index is 12.4. The molecule has 7 nitrogen and oxygen atoms in total. The molecular weight excluding hydrogens is 318 g/mol. The smallest absolute Gasteiger partial charge is 0.325 e. The second-order valence-electron chi connectivity index (χ2n) is 7.93. The van der Waals surface area contributed by atoms with Crippen molar-refractivity contribution in [2.75, 3.05) is 33.2 Å². The number of carbonyl (C=O) groups is 2. The van der Waals surface area contributed by atoms with Crippen molar-refractivity contribution >= 4 is 17.9 Å². The fraction of sp³-hybridized carbons (Fsp3) is 0.833. The number of urea groups is 1. The standard InChI is InChI=1S/C18H31N5O2/c1-4-17(2)14(24)23(16(25)21-17)11-6-10-20-15(19-3)22-12-9-18(13-22)7-5-8-18/h4-13H2,1-3H3,(H,19,20)(H,21,25). The third-order valence-corrected chi connectivity index (χ3v) is 6.26. The predicted octanol–water partition coefficient (Wildman–Crippen LogP) is 1.55. The van der Waals surface area contributed by atoms with Gasteiger partial charge in [0.05, 0.1) is 0 Å². The van der Waals surface area contributed by atoms with E-state index < -0.39 is 5.54 Å². The molecule has 2 N–H and O–H groups in total. The van der Waals surface area contributed by atoms with Crippen molar-refractivity contribution in [1.82, 2.24) is 20.4 Å². The van der Waals surface area contributed by atoms with Crippen LogP contribution in [0.4, 0.5) is 4.79 Å². The van der Waals surface area contributed by atoms with E-state index in [9.17, 15) is 9.59 Å².